The predicted octanol–water partition coefficient (Wildman–Crippen LogP) is 1.98. The lowest BCUT2D eigenvalue weighted by Gasteiger charge is -2.07. The number of aliphatic hydroxyl groups is 1. The highest BCUT2D eigenvalue weighted by atomic mass is 16.3. The number of aliphatic hydroxyl groups excluding tert-OH is 1. The lowest BCUT2D eigenvalue weighted by Crippen LogP contribution is -2.00. The fourth-order valence-electron chi connectivity index (χ4n) is 2.19. The number of pyridine rings is 1. The van der Waals surface area contributed by atoms with Gasteiger partial charge in [0.05, 0.1) is 24.7 Å². The molecule has 3 aromatic rings. The van der Waals surface area contributed by atoms with Crippen molar-refractivity contribution in [1.29, 1.82) is 0 Å². The molecular formula is C16H15N5O2. The predicted molar refractivity (Wildman–Crippen MR) is 87.3 cm³/mol. The Kier molecular flexibility index (Phi) is 4.11. The number of hydrazone groups is 1. The van der Waals surface area contributed by atoms with E-state index in [1.165, 1.54) is 12.4 Å². The molecule has 0 saturated carbocycles. The number of nitrogens with zero attached hydrogens (tertiary/aromatic N) is 4. The molecule has 7 nitrogen and oxygen atoms in total. The quantitative estimate of drug-likeness (QED) is 0.503. The molecule has 116 valence electrons. The molecule has 3 rings (SSSR count). The fourth-order valence-corrected chi connectivity index (χ4v) is 2.19. The van der Waals surface area contributed by atoms with E-state index in [1.807, 2.05) is 24.3 Å². The molecule has 0 saturated heterocycles. The summed E-state index contributed by atoms with van der Waals surface area (Å²) in [6.45, 7) is 1.44. The molecule has 0 amide bonds. The number of benzene rings is 1. The molecule has 2 aromatic heterocycles. The molecule has 1 aromatic carbocycles. The molecule has 0 spiro atoms. The Bertz CT molecular complexity index is 874. The van der Waals surface area contributed by atoms with Gasteiger partial charge in [0.2, 0.25) is 0 Å². The van der Waals surface area contributed by atoms with E-state index in [0.717, 1.165) is 10.8 Å². The maximum absolute atomic E-state index is 10.1. The monoisotopic (exact) mass is 309 g/mol. The molecule has 0 bridgehead atoms. The second-order valence-electron chi connectivity index (χ2n) is 4.94. The summed E-state index contributed by atoms with van der Waals surface area (Å²) in [5.74, 6) is 0.501. The van der Waals surface area contributed by atoms with Crippen molar-refractivity contribution in [2.24, 2.45) is 5.10 Å². The average molecular weight is 309 g/mol. The van der Waals surface area contributed by atoms with Crippen LogP contribution in [0.4, 0.5) is 5.82 Å². The van der Waals surface area contributed by atoms with Gasteiger partial charge in [0.15, 0.2) is 5.82 Å². The van der Waals surface area contributed by atoms with Crippen molar-refractivity contribution >= 4 is 22.8 Å². The second kappa shape index (κ2) is 6.37. The molecule has 0 aliphatic heterocycles. The first kappa shape index (κ1) is 14.9. The van der Waals surface area contributed by atoms with E-state index >= 15 is 0 Å². The van der Waals surface area contributed by atoms with Crippen LogP contribution in [0.3, 0.4) is 0 Å². The molecule has 2 heterocycles. The summed E-state index contributed by atoms with van der Waals surface area (Å²) in [6, 6.07) is 7.67. The van der Waals surface area contributed by atoms with Gasteiger partial charge in [-0.25, -0.2) is 0 Å². The Labute approximate surface area is 132 Å². The topological polar surface area (TPSA) is 104 Å². The van der Waals surface area contributed by atoms with Gasteiger partial charge in [-0.1, -0.05) is 24.3 Å². The van der Waals surface area contributed by atoms with Crippen molar-refractivity contribution < 1.29 is 10.2 Å². The summed E-state index contributed by atoms with van der Waals surface area (Å²) in [5.41, 5.74) is 4.19. The van der Waals surface area contributed by atoms with Gasteiger partial charge in [-0.2, -0.15) is 10.2 Å². The Morgan fingerprint density at radius 1 is 1.26 bits per heavy atom. The highest BCUT2D eigenvalue weighted by molar-refractivity contribution is 5.92. The number of hydrogen-bond acceptors (Lipinski definition) is 7. The van der Waals surface area contributed by atoms with Gasteiger partial charge in [-0.05, 0) is 6.92 Å². The zero-order valence-corrected chi connectivity index (χ0v) is 12.4. The number of fused-ring (bicyclic) bond motifs is 1. The van der Waals surface area contributed by atoms with Crippen LogP contribution < -0.4 is 5.43 Å². The molecule has 3 N–H and O–H groups in total. The molecule has 0 atom stereocenters. The smallest absolute Gasteiger partial charge is 0.176 e. The van der Waals surface area contributed by atoms with E-state index < -0.39 is 0 Å². The lowest BCUT2D eigenvalue weighted by atomic mass is 10.1. The summed E-state index contributed by atoms with van der Waals surface area (Å²) >= 11 is 0. The largest absolute Gasteiger partial charge is 0.505 e. The number of nitrogens with one attached hydrogen (secondary N) is 1. The number of hydrogen-bond donors (Lipinski definition) is 3. The zero-order chi connectivity index (χ0) is 16.2. The molecule has 0 aliphatic rings. The van der Waals surface area contributed by atoms with Crippen molar-refractivity contribution in [2.75, 3.05) is 5.43 Å². The second-order valence-corrected chi connectivity index (χ2v) is 4.94. The Hall–Kier alpha value is -3.06. The van der Waals surface area contributed by atoms with Gasteiger partial charge in [-0.15, -0.1) is 5.10 Å². The van der Waals surface area contributed by atoms with E-state index in [4.69, 9.17) is 0 Å². The Morgan fingerprint density at radius 3 is 2.91 bits per heavy atom. The van der Waals surface area contributed by atoms with Crippen LogP contribution in [-0.2, 0) is 6.61 Å². The first-order valence-corrected chi connectivity index (χ1v) is 6.98. The standard InChI is InChI=1S/C16H15N5O2/c1-10-15(23)14(12(9-22)6-17-10)8-19-21-16-13-5-3-2-4-11(13)7-18-20-16/h2-8,22-23H,9H2,1H3,(H,20,21). The van der Waals surface area contributed by atoms with E-state index in [9.17, 15) is 10.2 Å². The normalized spacial score (nSPS) is 11.2. The molecule has 0 fully saturated rings. The SMILES string of the molecule is Cc1ncc(CO)c(C=NNc2nncc3ccccc23)c1O. The molecule has 0 radical (unpaired) electrons. The summed E-state index contributed by atoms with van der Waals surface area (Å²) in [4.78, 5) is 4.00. The van der Waals surface area contributed by atoms with Crippen LogP contribution in [0.1, 0.15) is 16.8 Å². The number of aromatic nitrogens is 3. The lowest BCUT2D eigenvalue weighted by molar-refractivity contribution is 0.280. The average Bonchev–Trinajstić information content (AvgIpc) is 2.59. The summed E-state index contributed by atoms with van der Waals surface area (Å²) in [5, 5.41) is 33.3. The minimum Gasteiger partial charge on any atom is -0.505 e. The van der Waals surface area contributed by atoms with Crippen molar-refractivity contribution in [1.82, 2.24) is 15.2 Å². The summed E-state index contributed by atoms with van der Waals surface area (Å²) < 4.78 is 0. The van der Waals surface area contributed by atoms with Crippen molar-refractivity contribution in [3.63, 3.8) is 0 Å². The minimum absolute atomic E-state index is 0.00824. The summed E-state index contributed by atoms with van der Waals surface area (Å²) in [6.07, 6.45) is 4.61. The van der Waals surface area contributed by atoms with E-state index in [2.05, 4.69) is 25.7 Å². The zero-order valence-electron chi connectivity index (χ0n) is 12.4. The number of aromatic hydroxyl groups is 1. The first-order chi connectivity index (χ1) is 11.2. The Morgan fingerprint density at radius 2 is 2.09 bits per heavy atom. The van der Waals surface area contributed by atoms with Crippen molar-refractivity contribution in [3.05, 3.63) is 53.5 Å². The van der Waals surface area contributed by atoms with Gasteiger partial charge in [0.1, 0.15) is 5.75 Å². The van der Waals surface area contributed by atoms with Gasteiger partial charge in [0.25, 0.3) is 0 Å². The fraction of sp³-hybridized carbons (Fsp3) is 0.125. The minimum atomic E-state index is -0.240. The van der Waals surface area contributed by atoms with E-state index in [-0.39, 0.29) is 12.4 Å². The van der Waals surface area contributed by atoms with E-state index in [1.54, 1.807) is 13.1 Å². The molecule has 7 heteroatoms. The number of rotatable bonds is 4. The number of anilines is 1. The van der Waals surface area contributed by atoms with Crippen LogP contribution in [0.25, 0.3) is 10.8 Å². The Balaban J connectivity index is 1.91. The third-order valence-electron chi connectivity index (χ3n) is 3.46. The van der Waals surface area contributed by atoms with Gasteiger partial charge >= 0.3 is 0 Å². The maximum atomic E-state index is 10.1. The highest BCUT2D eigenvalue weighted by Crippen LogP contribution is 2.22. The van der Waals surface area contributed by atoms with Crippen molar-refractivity contribution in [2.45, 2.75) is 13.5 Å². The van der Waals surface area contributed by atoms with Crippen LogP contribution >= 0.6 is 0 Å². The maximum Gasteiger partial charge on any atom is 0.176 e. The van der Waals surface area contributed by atoms with Crippen LogP contribution in [0, 0.1) is 6.92 Å². The molecule has 23 heavy (non-hydrogen) atoms. The molecular weight excluding hydrogens is 294 g/mol. The van der Waals surface area contributed by atoms with Crippen LogP contribution in [0.15, 0.2) is 41.8 Å². The van der Waals surface area contributed by atoms with E-state index in [0.29, 0.717) is 22.6 Å². The number of aryl methyl sites for hydroxylation is 1. The van der Waals surface area contributed by atoms with Crippen LogP contribution in [-0.4, -0.2) is 31.6 Å². The van der Waals surface area contributed by atoms with Gasteiger partial charge in [0, 0.05) is 28.1 Å². The first-order valence-electron chi connectivity index (χ1n) is 6.98. The molecule has 0 unspecified atom stereocenters. The van der Waals surface area contributed by atoms with Crippen LogP contribution in [0.2, 0.25) is 0 Å². The third kappa shape index (κ3) is 2.95. The highest BCUT2D eigenvalue weighted by Gasteiger charge is 2.09. The van der Waals surface area contributed by atoms with Crippen molar-refractivity contribution in [3.8, 4) is 5.75 Å². The third-order valence-corrected chi connectivity index (χ3v) is 3.46. The van der Waals surface area contributed by atoms with Gasteiger partial charge < -0.3 is 10.2 Å². The molecule has 0 aliphatic carbocycles. The van der Waals surface area contributed by atoms with Crippen LogP contribution in [0.5, 0.6) is 5.75 Å². The summed E-state index contributed by atoms with van der Waals surface area (Å²) in [7, 11) is 0. The van der Waals surface area contributed by atoms with Gasteiger partial charge in [-0.3, -0.25) is 10.4 Å².